The van der Waals surface area contributed by atoms with Crippen molar-refractivity contribution in [2.45, 2.75) is 45.2 Å². The molecule has 1 aromatic carbocycles. The van der Waals surface area contributed by atoms with Crippen LogP contribution in [0.15, 0.2) is 47.5 Å². The molecule has 32 heavy (non-hydrogen) atoms. The normalized spacial score (nSPS) is 14.7. The van der Waals surface area contributed by atoms with Crippen molar-refractivity contribution in [3.8, 4) is 0 Å². The summed E-state index contributed by atoms with van der Waals surface area (Å²) in [7, 11) is 0. The highest BCUT2D eigenvalue weighted by Gasteiger charge is 2.21. The van der Waals surface area contributed by atoms with Crippen LogP contribution in [0.2, 0.25) is 0 Å². The maximum absolute atomic E-state index is 13.5. The van der Waals surface area contributed by atoms with Crippen LogP contribution in [-0.4, -0.2) is 38.7 Å². The molecule has 168 valence electrons. The summed E-state index contributed by atoms with van der Waals surface area (Å²) in [5.41, 5.74) is 1.48. The maximum Gasteiger partial charge on any atom is 0.254 e. The van der Waals surface area contributed by atoms with Gasteiger partial charge in [-0.15, -0.1) is 0 Å². The van der Waals surface area contributed by atoms with Gasteiger partial charge < -0.3 is 10.2 Å². The second-order valence-electron chi connectivity index (χ2n) is 8.34. The zero-order valence-electron chi connectivity index (χ0n) is 18.2. The molecule has 9 heteroatoms. The van der Waals surface area contributed by atoms with Crippen molar-refractivity contribution >= 4 is 11.9 Å². The highest BCUT2D eigenvalue weighted by Crippen LogP contribution is 2.21. The number of halogens is 1. The van der Waals surface area contributed by atoms with Crippen LogP contribution >= 0.6 is 0 Å². The number of nitrogens with one attached hydrogen (secondary N) is 2. The van der Waals surface area contributed by atoms with Crippen molar-refractivity contribution in [1.82, 2.24) is 25.1 Å². The number of aromatic nitrogens is 4. The molecule has 2 aromatic heterocycles. The van der Waals surface area contributed by atoms with Gasteiger partial charge in [-0.2, -0.15) is 5.10 Å². The minimum atomic E-state index is -0.494. The third-order valence-corrected chi connectivity index (χ3v) is 5.57. The Bertz CT molecular complexity index is 1130. The second kappa shape index (κ2) is 9.33. The van der Waals surface area contributed by atoms with Gasteiger partial charge in [0.25, 0.3) is 11.5 Å². The number of carbonyl (C=O) groups is 1. The molecule has 1 aliphatic rings. The van der Waals surface area contributed by atoms with Gasteiger partial charge >= 0.3 is 0 Å². The molecule has 1 atom stereocenters. The smallest absolute Gasteiger partial charge is 0.254 e. The lowest BCUT2D eigenvalue weighted by atomic mass is 10.0. The number of nitrogens with zero attached hydrogens (tertiary/aromatic N) is 4. The molecule has 3 aromatic rings. The highest BCUT2D eigenvalue weighted by molar-refractivity contribution is 5.94. The first kappa shape index (κ1) is 21.7. The van der Waals surface area contributed by atoms with E-state index in [9.17, 15) is 14.0 Å². The summed E-state index contributed by atoms with van der Waals surface area (Å²) < 4.78 is 15.2. The van der Waals surface area contributed by atoms with Crippen LogP contribution in [0.4, 0.5) is 10.3 Å². The van der Waals surface area contributed by atoms with Crippen LogP contribution in [0.25, 0.3) is 0 Å². The minimum Gasteiger partial charge on any atom is -0.345 e. The van der Waals surface area contributed by atoms with Gasteiger partial charge in [0.15, 0.2) is 0 Å². The van der Waals surface area contributed by atoms with Gasteiger partial charge in [-0.05, 0) is 44.4 Å². The molecule has 1 amide bonds. The lowest BCUT2D eigenvalue weighted by Gasteiger charge is -2.20. The third kappa shape index (κ3) is 5.04. The number of benzene rings is 1. The van der Waals surface area contributed by atoms with Gasteiger partial charge in [0.1, 0.15) is 5.82 Å². The van der Waals surface area contributed by atoms with E-state index in [1.165, 1.54) is 24.4 Å². The Balaban J connectivity index is 1.60. The average molecular weight is 439 g/mol. The minimum absolute atomic E-state index is 0.133. The monoisotopic (exact) mass is 438 g/mol. The number of aromatic amines is 1. The largest absolute Gasteiger partial charge is 0.345 e. The van der Waals surface area contributed by atoms with E-state index in [2.05, 4.69) is 25.3 Å². The number of amides is 1. The summed E-state index contributed by atoms with van der Waals surface area (Å²) >= 11 is 0. The van der Waals surface area contributed by atoms with Gasteiger partial charge in [-0.1, -0.05) is 12.1 Å². The summed E-state index contributed by atoms with van der Waals surface area (Å²) in [5.74, 6) is -0.106. The molecule has 1 unspecified atom stereocenters. The van der Waals surface area contributed by atoms with Crippen LogP contribution in [0.5, 0.6) is 0 Å². The Morgan fingerprint density at radius 1 is 1.22 bits per heavy atom. The van der Waals surface area contributed by atoms with Crippen molar-refractivity contribution < 1.29 is 9.18 Å². The summed E-state index contributed by atoms with van der Waals surface area (Å²) in [6, 6.07) is 7.05. The van der Waals surface area contributed by atoms with E-state index in [0.29, 0.717) is 23.6 Å². The number of hydrogen-bond donors (Lipinski definition) is 2. The van der Waals surface area contributed by atoms with Crippen molar-refractivity contribution in [2.24, 2.45) is 0 Å². The maximum atomic E-state index is 13.5. The predicted octanol–water partition coefficient (Wildman–Crippen LogP) is 3.00. The van der Waals surface area contributed by atoms with E-state index in [1.54, 1.807) is 23.0 Å². The molecule has 0 bridgehead atoms. The van der Waals surface area contributed by atoms with Crippen LogP contribution in [0, 0.1) is 5.82 Å². The number of hydrogen-bond acceptors (Lipinski definition) is 5. The molecule has 1 saturated heterocycles. The average Bonchev–Trinajstić information content (AvgIpc) is 3.46. The second-order valence-corrected chi connectivity index (χ2v) is 8.34. The van der Waals surface area contributed by atoms with Crippen molar-refractivity contribution in [1.29, 1.82) is 0 Å². The molecule has 2 N–H and O–H groups in total. The van der Waals surface area contributed by atoms with E-state index in [4.69, 9.17) is 0 Å². The van der Waals surface area contributed by atoms with Crippen LogP contribution in [0.3, 0.4) is 0 Å². The van der Waals surface area contributed by atoms with Gasteiger partial charge in [0, 0.05) is 37.8 Å². The van der Waals surface area contributed by atoms with Gasteiger partial charge in [-0.3, -0.25) is 19.3 Å². The molecule has 0 saturated carbocycles. The Labute approximate surface area is 185 Å². The van der Waals surface area contributed by atoms with Crippen LogP contribution in [-0.2, 0) is 6.42 Å². The van der Waals surface area contributed by atoms with E-state index in [-0.39, 0.29) is 23.3 Å². The van der Waals surface area contributed by atoms with Crippen molar-refractivity contribution in [2.75, 3.05) is 18.0 Å². The molecular weight excluding hydrogens is 411 g/mol. The molecule has 4 rings (SSSR count). The molecule has 0 radical (unpaired) electrons. The van der Waals surface area contributed by atoms with E-state index < -0.39 is 6.04 Å². The zero-order chi connectivity index (χ0) is 22.7. The Morgan fingerprint density at radius 3 is 2.59 bits per heavy atom. The van der Waals surface area contributed by atoms with Gasteiger partial charge in [-0.25, -0.2) is 9.37 Å². The number of carbonyl (C=O) groups excluding carboxylic acids is 1. The first-order valence-electron chi connectivity index (χ1n) is 10.8. The summed E-state index contributed by atoms with van der Waals surface area (Å²) in [5, 5.41) is 7.22. The van der Waals surface area contributed by atoms with Crippen LogP contribution in [0.1, 0.15) is 60.4 Å². The molecule has 1 aliphatic heterocycles. The summed E-state index contributed by atoms with van der Waals surface area (Å²) in [4.78, 5) is 34.7. The Morgan fingerprint density at radius 2 is 1.94 bits per heavy atom. The predicted molar refractivity (Wildman–Crippen MR) is 119 cm³/mol. The number of anilines is 1. The first-order chi connectivity index (χ1) is 15.4. The first-order valence-corrected chi connectivity index (χ1v) is 10.8. The molecule has 1 fully saturated rings. The molecular formula is C23H27FN6O2. The van der Waals surface area contributed by atoms with E-state index in [0.717, 1.165) is 31.5 Å². The third-order valence-electron chi connectivity index (χ3n) is 5.57. The fraction of sp³-hybridized carbons (Fsp3) is 0.391. The van der Waals surface area contributed by atoms with Gasteiger partial charge in [0.2, 0.25) is 5.95 Å². The van der Waals surface area contributed by atoms with E-state index >= 15 is 0 Å². The van der Waals surface area contributed by atoms with E-state index in [1.807, 2.05) is 13.8 Å². The number of H-pyrrole nitrogens is 1. The number of rotatable bonds is 7. The highest BCUT2D eigenvalue weighted by atomic mass is 19.1. The topological polar surface area (TPSA) is 95.9 Å². The molecule has 0 aliphatic carbocycles. The fourth-order valence-electron chi connectivity index (χ4n) is 3.81. The van der Waals surface area contributed by atoms with Gasteiger partial charge in [0.05, 0.1) is 23.5 Å². The Kier molecular flexibility index (Phi) is 6.34. The molecule has 0 spiro atoms. The summed E-state index contributed by atoms with van der Waals surface area (Å²) in [6.07, 6.45) is 5.63. The quantitative estimate of drug-likeness (QED) is 0.591. The standard InChI is InChI=1S/C23H27FN6O2/c1-15(2)30-14-17(13-25-30)22(32)27-20(16-5-7-18(24)8-6-16)11-19-12-21(31)28-23(26-19)29-9-3-4-10-29/h5-8,12-15,20H,3-4,9-11H2,1-2H3,(H,27,32)(H,26,28,31). The Hall–Kier alpha value is -3.49. The lowest BCUT2D eigenvalue weighted by molar-refractivity contribution is 0.0936. The zero-order valence-corrected chi connectivity index (χ0v) is 18.2. The molecule has 3 heterocycles. The van der Waals surface area contributed by atoms with Crippen LogP contribution < -0.4 is 15.8 Å². The molecule has 8 nitrogen and oxygen atoms in total. The SMILES string of the molecule is CC(C)n1cc(C(=O)NC(Cc2cc(=O)[nH]c(N3CCCC3)n2)c2ccc(F)cc2)cn1. The fourth-order valence-corrected chi connectivity index (χ4v) is 3.81. The van der Waals surface area contributed by atoms with Crippen molar-refractivity contribution in [3.05, 3.63) is 75.7 Å². The summed E-state index contributed by atoms with van der Waals surface area (Å²) in [6.45, 7) is 5.66. The lowest BCUT2D eigenvalue weighted by Crippen LogP contribution is -2.31. The van der Waals surface area contributed by atoms with Crippen molar-refractivity contribution in [3.63, 3.8) is 0 Å².